The van der Waals surface area contributed by atoms with E-state index < -0.39 is 5.41 Å². The minimum absolute atomic E-state index is 0.541. The van der Waals surface area contributed by atoms with E-state index in [2.05, 4.69) is 6.07 Å². The van der Waals surface area contributed by atoms with E-state index in [1.165, 1.54) is 0 Å². The van der Waals surface area contributed by atoms with Gasteiger partial charge >= 0.3 is 0 Å². The third-order valence-corrected chi connectivity index (χ3v) is 2.50. The fourth-order valence-electron chi connectivity index (χ4n) is 1.15. The van der Waals surface area contributed by atoms with E-state index >= 15 is 0 Å². The lowest BCUT2D eigenvalue weighted by molar-refractivity contribution is 0.687. The van der Waals surface area contributed by atoms with Gasteiger partial charge in [-0.05, 0) is 26.0 Å². The van der Waals surface area contributed by atoms with Crippen molar-refractivity contribution < 1.29 is 0 Å². The first-order valence-corrected chi connectivity index (χ1v) is 4.60. The van der Waals surface area contributed by atoms with Crippen LogP contribution in [0.25, 0.3) is 0 Å². The van der Waals surface area contributed by atoms with Crippen LogP contribution in [0.5, 0.6) is 0 Å². The second kappa shape index (κ2) is 3.57. The maximum atomic E-state index is 8.93. The third-order valence-electron chi connectivity index (χ3n) is 1.87. The molecule has 0 spiro atoms. The highest BCUT2D eigenvalue weighted by molar-refractivity contribution is 6.36. The van der Waals surface area contributed by atoms with Gasteiger partial charge in [-0.1, -0.05) is 29.3 Å². The fraction of sp³-hybridized carbons (Fsp3) is 0.300. The minimum Gasteiger partial charge on any atom is -0.197 e. The summed E-state index contributed by atoms with van der Waals surface area (Å²) in [5.41, 5.74) is 0.0518. The molecule has 0 radical (unpaired) electrons. The van der Waals surface area contributed by atoms with Crippen molar-refractivity contribution in [3.63, 3.8) is 0 Å². The smallest absolute Gasteiger partial charge is 0.0795 e. The van der Waals surface area contributed by atoms with Crippen LogP contribution in [0.4, 0.5) is 0 Å². The van der Waals surface area contributed by atoms with Crippen molar-refractivity contribution >= 4 is 23.2 Å². The summed E-state index contributed by atoms with van der Waals surface area (Å²) in [5.74, 6) is 0. The molecule has 0 amide bonds. The van der Waals surface area contributed by atoms with Crippen LogP contribution >= 0.6 is 23.2 Å². The van der Waals surface area contributed by atoms with Crippen molar-refractivity contribution in [3.8, 4) is 6.07 Å². The highest BCUT2D eigenvalue weighted by Gasteiger charge is 2.25. The maximum Gasteiger partial charge on any atom is 0.0795 e. The summed E-state index contributed by atoms with van der Waals surface area (Å²) < 4.78 is 0. The fourth-order valence-corrected chi connectivity index (χ4v) is 2.02. The van der Waals surface area contributed by atoms with Crippen molar-refractivity contribution in [3.05, 3.63) is 33.8 Å². The molecular formula is C10H9Cl2N. The van der Waals surface area contributed by atoms with Crippen LogP contribution in [-0.4, -0.2) is 0 Å². The molecule has 1 nitrogen and oxygen atoms in total. The molecule has 0 atom stereocenters. The van der Waals surface area contributed by atoms with Crippen molar-refractivity contribution in [1.29, 1.82) is 5.26 Å². The standard InChI is InChI=1S/C10H9Cl2N/c1-10(2,6-13)9-7(11)4-3-5-8(9)12/h3-5H,1-2H3. The van der Waals surface area contributed by atoms with Gasteiger partial charge < -0.3 is 0 Å². The molecule has 1 aromatic carbocycles. The lowest BCUT2D eigenvalue weighted by Gasteiger charge is -2.18. The normalized spacial score (nSPS) is 11.0. The number of rotatable bonds is 1. The topological polar surface area (TPSA) is 23.8 Å². The molecule has 68 valence electrons. The predicted molar refractivity (Wildman–Crippen MR) is 55.1 cm³/mol. The molecule has 1 rings (SSSR count). The Morgan fingerprint density at radius 1 is 1.23 bits per heavy atom. The molecule has 0 N–H and O–H groups in total. The Morgan fingerprint density at radius 2 is 1.69 bits per heavy atom. The second-order valence-corrected chi connectivity index (χ2v) is 4.15. The molecule has 0 aliphatic rings. The molecule has 0 aliphatic carbocycles. The Labute approximate surface area is 87.9 Å². The number of halogens is 2. The average Bonchev–Trinajstić information content (AvgIpc) is 2.03. The molecular weight excluding hydrogens is 205 g/mol. The molecule has 3 heteroatoms. The van der Waals surface area contributed by atoms with Gasteiger partial charge in [-0.15, -0.1) is 0 Å². The SMILES string of the molecule is CC(C)(C#N)c1c(Cl)cccc1Cl. The second-order valence-electron chi connectivity index (χ2n) is 3.33. The quantitative estimate of drug-likeness (QED) is 0.697. The summed E-state index contributed by atoms with van der Waals surface area (Å²) in [4.78, 5) is 0. The Morgan fingerprint density at radius 3 is 2.08 bits per heavy atom. The molecule has 0 aliphatic heterocycles. The zero-order chi connectivity index (χ0) is 10.1. The minimum atomic E-state index is -0.643. The summed E-state index contributed by atoms with van der Waals surface area (Å²) in [5, 5.41) is 10.0. The summed E-state index contributed by atoms with van der Waals surface area (Å²) in [6.45, 7) is 3.58. The highest BCUT2D eigenvalue weighted by atomic mass is 35.5. The van der Waals surface area contributed by atoms with E-state index in [4.69, 9.17) is 28.5 Å². The van der Waals surface area contributed by atoms with Crippen molar-refractivity contribution in [2.45, 2.75) is 19.3 Å². The van der Waals surface area contributed by atoms with Gasteiger partial charge in [0, 0.05) is 15.6 Å². The van der Waals surface area contributed by atoms with Gasteiger partial charge in [-0.2, -0.15) is 5.26 Å². The molecule has 13 heavy (non-hydrogen) atoms. The van der Waals surface area contributed by atoms with Crippen LogP contribution in [0.1, 0.15) is 19.4 Å². The third kappa shape index (κ3) is 1.96. The summed E-state index contributed by atoms with van der Waals surface area (Å²) in [6.07, 6.45) is 0. The summed E-state index contributed by atoms with van der Waals surface area (Å²) >= 11 is 11.9. The van der Waals surface area contributed by atoms with E-state index in [1.54, 1.807) is 32.0 Å². The van der Waals surface area contributed by atoms with Crippen LogP contribution in [0.3, 0.4) is 0 Å². The molecule has 0 fully saturated rings. The first kappa shape index (κ1) is 10.4. The molecule has 1 aromatic rings. The predicted octanol–water partition coefficient (Wildman–Crippen LogP) is 3.79. The van der Waals surface area contributed by atoms with Gasteiger partial charge in [0.25, 0.3) is 0 Å². The monoisotopic (exact) mass is 213 g/mol. The van der Waals surface area contributed by atoms with Gasteiger partial charge in [-0.3, -0.25) is 0 Å². The number of hydrogen-bond donors (Lipinski definition) is 0. The van der Waals surface area contributed by atoms with Crippen LogP contribution < -0.4 is 0 Å². The maximum absolute atomic E-state index is 8.93. The Balaban J connectivity index is 3.38. The van der Waals surface area contributed by atoms with Gasteiger partial charge in [0.2, 0.25) is 0 Å². The molecule has 0 unspecified atom stereocenters. The van der Waals surface area contributed by atoms with Crippen LogP contribution in [0.15, 0.2) is 18.2 Å². The zero-order valence-electron chi connectivity index (χ0n) is 7.44. The zero-order valence-corrected chi connectivity index (χ0v) is 8.95. The first-order valence-electron chi connectivity index (χ1n) is 3.85. The summed E-state index contributed by atoms with van der Waals surface area (Å²) in [6, 6.07) is 7.41. The summed E-state index contributed by atoms with van der Waals surface area (Å²) in [7, 11) is 0. The van der Waals surface area contributed by atoms with Crippen molar-refractivity contribution in [2.24, 2.45) is 0 Å². The highest BCUT2D eigenvalue weighted by Crippen LogP contribution is 2.34. The molecule has 0 aromatic heterocycles. The van der Waals surface area contributed by atoms with Gasteiger partial charge in [0.1, 0.15) is 0 Å². The number of hydrogen-bond acceptors (Lipinski definition) is 1. The van der Waals surface area contributed by atoms with E-state index in [0.29, 0.717) is 15.6 Å². The van der Waals surface area contributed by atoms with Gasteiger partial charge in [0.15, 0.2) is 0 Å². The molecule has 0 saturated carbocycles. The van der Waals surface area contributed by atoms with Crippen LogP contribution in [0.2, 0.25) is 10.0 Å². The van der Waals surface area contributed by atoms with Crippen molar-refractivity contribution in [2.75, 3.05) is 0 Å². The van der Waals surface area contributed by atoms with Gasteiger partial charge in [0.05, 0.1) is 11.5 Å². The number of benzene rings is 1. The lowest BCUT2D eigenvalue weighted by Crippen LogP contribution is -2.15. The molecule has 0 bridgehead atoms. The molecule has 0 saturated heterocycles. The lowest BCUT2D eigenvalue weighted by atomic mass is 9.86. The van der Waals surface area contributed by atoms with E-state index in [1.807, 2.05) is 0 Å². The largest absolute Gasteiger partial charge is 0.197 e. The van der Waals surface area contributed by atoms with Crippen molar-refractivity contribution in [1.82, 2.24) is 0 Å². The van der Waals surface area contributed by atoms with E-state index in [9.17, 15) is 0 Å². The number of nitrogens with zero attached hydrogens (tertiary/aromatic N) is 1. The van der Waals surface area contributed by atoms with E-state index in [-0.39, 0.29) is 0 Å². The Bertz CT molecular complexity index is 343. The van der Waals surface area contributed by atoms with Crippen LogP contribution in [0, 0.1) is 11.3 Å². The number of nitriles is 1. The van der Waals surface area contributed by atoms with Gasteiger partial charge in [-0.25, -0.2) is 0 Å². The van der Waals surface area contributed by atoms with E-state index in [0.717, 1.165) is 0 Å². The molecule has 0 heterocycles. The average molecular weight is 214 g/mol. The van der Waals surface area contributed by atoms with Crippen LogP contribution in [-0.2, 0) is 5.41 Å². The Hall–Kier alpha value is -0.710. The first-order chi connectivity index (χ1) is 5.99. The Kier molecular flexibility index (Phi) is 2.85.